The largest absolute Gasteiger partial charge is 0.350 e. The normalized spacial score (nSPS) is 19.0. The van der Waals surface area contributed by atoms with Crippen molar-refractivity contribution in [2.24, 2.45) is 5.41 Å². The smallest absolute Gasteiger partial charge is 0.238 e. The van der Waals surface area contributed by atoms with Crippen LogP contribution in [0.25, 0.3) is 0 Å². The first-order chi connectivity index (χ1) is 13.0. The summed E-state index contributed by atoms with van der Waals surface area (Å²) in [6.07, 6.45) is 2.01. The van der Waals surface area contributed by atoms with Gasteiger partial charge in [0.25, 0.3) is 0 Å². The molecule has 3 N–H and O–H groups in total. The molecule has 1 aliphatic carbocycles. The van der Waals surface area contributed by atoms with Crippen molar-refractivity contribution in [1.82, 2.24) is 15.5 Å². The van der Waals surface area contributed by atoms with Crippen molar-refractivity contribution in [3.8, 4) is 0 Å². The minimum Gasteiger partial charge on any atom is -0.350 e. The van der Waals surface area contributed by atoms with E-state index in [-0.39, 0.29) is 34.3 Å². The number of rotatable bonds is 6. The Morgan fingerprint density at radius 2 is 1.89 bits per heavy atom. The van der Waals surface area contributed by atoms with Crippen molar-refractivity contribution < 1.29 is 14.0 Å². The van der Waals surface area contributed by atoms with E-state index in [2.05, 4.69) is 20.9 Å². The molecule has 0 aromatic heterocycles. The number of nitrogens with zero attached hydrogens (tertiary/aromatic N) is 1. The van der Waals surface area contributed by atoms with Crippen molar-refractivity contribution in [3.63, 3.8) is 0 Å². The highest BCUT2D eigenvalue weighted by Gasteiger charge is 2.52. The van der Waals surface area contributed by atoms with Gasteiger partial charge in [-0.05, 0) is 57.2 Å². The summed E-state index contributed by atoms with van der Waals surface area (Å²) < 4.78 is 13.3. The molecule has 0 bridgehead atoms. The number of hydrogen-bond donors (Lipinski definition) is 3. The second-order valence-electron chi connectivity index (χ2n) is 9.14. The molecule has 1 aromatic carbocycles. The van der Waals surface area contributed by atoms with Crippen LogP contribution < -0.4 is 16.0 Å². The highest BCUT2D eigenvalue weighted by atomic mass is 35.5. The maximum atomic E-state index is 13.3. The maximum Gasteiger partial charge on any atom is 0.238 e. The number of carbonyl (C=O) groups excluding carboxylic acids is 2. The topological polar surface area (TPSA) is 73.5 Å². The Kier molecular flexibility index (Phi) is 5.98. The summed E-state index contributed by atoms with van der Waals surface area (Å²) in [5.41, 5.74) is 0.430. The third kappa shape index (κ3) is 5.65. The Bertz CT molecular complexity index is 731. The Balaban J connectivity index is 1.32. The molecule has 0 atom stereocenters. The lowest BCUT2D eigenvalue weighted by Crippen LogP contribution is -2.67. The fourth-order valence-corrected chi connectivity index (χ4v) is 4.35. The molecule has 2 aliphatic rings. The molecule has 2 amide bonds. The molecule has 1 saturated heterocycles. The van der Waals surface area contributed by atoms with Crippen LogP contribution in [0.4, 0.5) is 10.1 Å². The maximum absolute atomic E-state index is 13.3. The van der Waals surface area contributed by atoms with Gasteiger partial charge < -0.3 is 16.0 Å². The summed E-state index contributed by atoms with van der Waals surface area (Å²) >= 11 is 5.79. The molecule has 1 spiro atoms. The summed E-state index contributed by atoms with van der Waals surface area (Å²) in [4.78, 5) is 26.2. The fourth-order valence-electron chi connectivity index (χ4n) is 4.13. The monoisotopic (exact) mass is 410 g/mol. The van der Waals surface area contributed by atoms with Crippen LogP contribution in [-0.4, -0.2) is 54.5 Å². The third-order valence-corrected chi connectivity index (χ3v) is 5.27. The number of likely N-dealkylation sites (tertiary alicyclic amines) is 1. The van der Waals surface area contributed by atoms with E-state index in [9.17, 15) is 14.0 Å². The van der Waals surface area contributed by atoms with E-state index in [1.54, 1.807) is 0 Å². The molecule has 6 nitrogen and oxygen atoms in total. The molecule has 1 aromatic rings. The van der Waals surface area contributed by atoms with Crippen molar-refractivity contribution in [1.29, 1.82) is 0 Å². The molecule has 1 saturated carbocycles. The number of benzene rings is 1. The van der Waals surface area contributed by atoms with E-state index < -0.39 is 5.82 Å². The van der Waals surface area contributed by atoms with Crippen LogP contribution in [0.5, 0.6) is 0 Å². The minimum atomic E-state index is -0.484. The van der Waals surface area contributed by atoms with Crippen LogP contribution in [0, 0.1) is 11.2 Å². The molecule has 2 fully saturated rings. The van der Waals surface area contributed by atoms with Gasteiger partial charge in [-0.15, -0.1) is 0 Å². The molecule has 3 rings (SSSR count). The zero-order chi connectivity index (χ0) is 20.5. The van der Waals surface area contributed by atoms with Gasteiger partial charge in [0, 0.05) is 35.4 Å². The van der Waals surface area contributed by atoms with Gasteiger partial charge in [0.15, 0.2) is 0 Å². The minimum absolute atomic E-state index is 0.0606. The molecule has 154 valence electrons. The Hall–Kier alpha value is -1.70. The van der Waals surface area contributed by atoms with Crippen LogP contribution in [0.2, 0.25) is 5.02 Å². The summed E-state index contributed by atoms with van der Waals surface area (Å²) in [6.45, 7) is 8.40. The first kappa shape index (κ1) is 21.0. The van der Waals surface area contributed by atoms with E-state index in [0.29, 0.717) is 18.3 Å². The van der Waals surface area contributed by atoms with Gasteiger partial charge in [-0.1, -0.05) is 11.6 Å². The lowest BCUT2D eigenvalue weighted by Gasteiger charge is -2.59. The number of anilines is 1. The molecule has 1 heterocycles. The van der Waals surface area contributed by atoms with E-state index in [4.69, 9.17) is 11.6 Å². The van der Waals surface area contributed by atoms with E-state index in [1.807, 2.05) is 20.8 Å². The summed E-state index contributed by atoms with van der Waals surface area (Å²) in [5.74, 6) is -0.649. The van der Waals surface area contributed by atoms with Gasteiger partial charge in [-0.2, -0.15) is 0 Å². The van der Waals surface area contributed by atoms with Gasteiger partial charge in [-0.3, -0.25) is 14.5 Å². The SMILES string of the molecule is CC(C)(C)NC(=O)CN1CC2(CC(NCC(=O)Nc3cc(F)cc(Cl)c3)C2)C1. The lowest BCUT2D eigenvalue weighted by molar-refractivity contribution is -0.132. The molecular formula is C20H28ClFN4O2. The first-order valence-corrected chi connectivity index (χ1v) is 9.92. The molecule has 1 aliphatic heterocycles. The van der Waals surface area contributed by atoms with Crippen molar-refractivity contribution in [3.05, 3.63) is 29.0 Å². The van der Waals surface area contributed by atoms with E-state index in [0.717, 1.165) is 25.9 Å². The van der Waals surface area contributed by atoms with E-state index >= 15 is 0 Å². The number of halogens is 2. The van der Waals surface area contributed by atoms with Gasteiger partial charge in [0.1, 0.15) is 5.82 Å². The van der Waals surface area contributed by atoms with Gasteiger partial charge in [0.05, 0.1) is 13.1 Å². The van der Waals surface area contributed by atoms with Crippen LogP contribution in [0.15, 0.2) is 18.2 Å². The number of carbonyl (C=O) groups is 2. The summed E-state index contributed by atoms with van der Waals surface area (Å²) in [7, 11) is 0. The molecule has 28 heavy (non-hydrogen) atoms. The Labute approximate surface area is 170 Å². The lowest BCUT2D eigenvalue weighted by atomic mass is 9.60. The van der Waals surface area contributed by atoms with Crippen LogP contribution >= 0.6 is 11.6 Å². The van der Waals surface area contributed by atoms with Crippen LogP contribution in [0.1, 0.15) is 33.6 Å². The zero-order valence-electron chi connectivity index (χ0n) is 16.6. The highest BCUT2D eigenvalue weighted by molar-refractivity contribution is 6.30. The number of amides is 2. The average molecular weight is 411 g/mol. The van der Waals surface area contributed by atoms with Gasteiger partial charge in [-0.25, -0.2) is 4.39 Å². The molecule has 0 unspecified atom stereocenters. The molecule has 8 heteroatoms. The Morgan fingerprint density at radius 1 is 1.21 bits per heavy atom. The highest BCUT2D eigenvalue weighted by Crippen LogP contribution is 2.48. The predicted molar refractivity (Wildman–Crippen MR) is 108 cm³/mol. The zero-order valence-corrected chi connectivity index (χ0v) is 17.3. The Morgan fingerprint density at radius 3 is 2.50 bits per heavy atom. The predicted octanol–water partition coefficient (Wildman–Crippen LogP) is 2.39. The van der Waals surface area contributed by atoms with Gasteiger partial charge in [0.2, 0.25) is 11.8 Å². The molecule has 0 radical (unpaired) electrons. The van der Waals surface area contributed by atoms with Gasteiger partial charge >= 0.3 is 0 Å². The summed E-state index contributed by atoms with van der Waals surface area (Å²) in [6, 6.07) is 4.24. The van der Waals surface area contributed by atoms with Crippen molar-refractivity contribution in [2.75, 3.05) is 31.5 Å². The second kappa shape index (κ2) is 7.97. The third-order valence-electron chi connectivity index (χ3n) is 5.06. The molecular weight excluding hydrogens is 383 g/mol. The second-order valence-corrected chi connectivity index (χ2v) is 9.57. The van der Waals surface area contributed by atoms with Crippen molar-refractivity contribution in [2.45, 2.75) is 45.2 Å². The first-order valence-electron chi connectivity index (χ1n) is 9.55. The van der Waals surface area contributed by atoms with Crippen molar-refractivity contribution >= 4 is 29.1 Å². The fraction of sp³-hybridized carbons (Fsp3) is 0.600. The standard InChI is InChI=1S/C20H28ClFN4O2/c1-19(2,3)25-18(28)10-26-11-20(12-26)7-16(8-20)23-9-17(27)24-15-5-13(21)4-14(22)6-15/h4-6,16,23H,7-12H2,1-3H3,(H,24,27)(H,25,28). The van der Waals surface area contributed by atoms with Crippen LogP contribution in [0.3, 0.4) is 0 Å². The van der Waals surface area contributed by atoms with Crippen LogP contribution in [-0.2, 0) is 9.59 Å². The number of hydrogen-bond acceptors (Lipinski definition) is 4. The van der Waals surface area contributed by atoms with E-state index in [1.165, 1.54) is 18.2 Å². The quantitative estimate of drug-likeness (QED) is 0.673. The average Bonchev–Trinajstić information content (AvgIpc) is 2.44. The summed E-state index contributed by atoms with van der Waals surface area (Å²) in [5, 5.41) is 9.11. The number of nitrogens with one attached hydrogen (secondary N) is 3.